The number of aromatic nitrogens is 2. The fourth-order valence-corrected chi connectivity index (χ4v) is 4.64. The van der Waals surface area contributed by atoms with Gasteiger partial charge in [0.2, 0.25) is 0 Å². The van der Waals surface area contributed by atoms with Crippen molar-refractivity contribution >= 4 is 33.3 Å². The van der Waals surface area contributed by atoms with E-state index in [0.717, 1.165) is 11.1 Å². The van der Waals surface area contributed by atoms with Crippen LogP contribution < -0.4 is 5.56 Å². The highest BCUT2D eigenvalue weighted by atomic mass is 32.2. The molecule has 1 aromatic carbocycles. The summed E-state index contributed by atoms with van der Waals surface area (Å²) < 4.78 is 14.7. The highest BCUT2D eigenvalue weighted by molar-refractivity contribution is 7.99. The van der Waals surface area contributed by atoms with Crippen LogP contribution >= 0.6 is 23.1 Å². The minimum atomic E-state index is -0.327. The SMILES string of the molecule is Cn1c(SC[C@H](C#N)CCC#N)nc2scc(-c3ccc(F)cc3)c2c1=O. The Labute approximate surface area is 163 Å². The summed E-state index contributed by atoms with van der Waals surface area (Å²) in [6, 6.07) is 10.3. The van der Waals surface area contributed by atoms with Crippen molar-refractivity contribution in [2.45, 2.75) is 18.0 Å². The van der Waals surface area contributed by atoms with Crippen molar-refractivity contribution in [1.82, 2.24) is 9.55 Å². The molecule has 0 aliphatic rings. The number of halogens is 1. The van der Waals surface area contributed by atoms with Gasteiger partial charge in [0.15, 0.2) is 5.16 Å². The number of benzene rings is 1. The molecular weight excluding hydrogens is 383 g/mol. The first kappa shape index (κ1) is 19.1. The molecule has 5 nitrogen and oxygen atoms in total. The molecule has 8 heteroatoms. The molecule has 0 amide bonds. The Morgan fingerprint density at radius 1 is 1.33 bits per heavy atom. The van der Waals surface area contributed by atoms with Crippen molar-refractivity contribution in [2.24, 2.45) is 13.0 Å². The molecule has 136 valence electrons. The topological polar surface area (TPSA) is 82.5 Å². The largest absolute Gasteiger partial charge is 0.290 e. The summed E-state index contributed by atoms with van der Waals surface area (Å²) in [5, 5.41) is 20.8. The molecule has 0 unspecified atom stereocenters. The van der Waals surface area contributed by atoms with E-state index in [1.54, 1.807) is 19.2 Å². The third kappa shape index (κ3) is 4.02. The highest BCUT2D eigenvalue weighted by Gasteiger charge is 2.17. The van der Waals surface area contributed by atoms with E-state index < -0.39 is 0 Å². The molecule has 3 aromatic rings. The maximum Gasteiger partial charge on any atom is 0.263 e. The first-order valence-electron chi connectivity index (χ1n) is 8.18. The van der Waals surface area contributed by atoms with Gasteiger partial charge in [0.25, 0.3) is 5.56 Å². The van der Waals surface area contributed by atoms with Crippen LogP contribution in [0.5, 0.6) is 0 Å². The maximum atomic E-state index is 13.2. The molecule has 0 saturated carbocycles. The molecule has 0 aliphatic carbocycles. The predicted molar refractivity (Wildman–Crippen MR) is 105 cm³/mol. The van der Waals surface area contributed by atoms with Gasteiger partial charge in [-0.2, -0.15) is 10.5 Å². The Balaban J connectivity index is 1.94. The van der Waals surface area contributed by atoms with Gasteiger partial charge < -0.3 is 0 Å². The summed E-state index contributed by atoms with van der Waals surface area (Å²) in [4.78, 5) is 18.1. The van der Waals surface area contributed by atoms with Gasteiger partial charge in [-0.15, -0.1) is 11.3 Å². The van der Waals surface area contributed by atoms with Crippen LogP contribution in [0.2, 0.25) is 0 Å². The predicted octanol–water partition coefficient (Wildman–Crippen LogP) is 4.34. The van der Waals surface area contributed by atoms with E-state index in [1.165, 1.54) is 39.8 Å². The maximum absolute atomic E-state index is 13.2. The number of nitriles is 2. The number of hydrogen-bond donors (Lipinski definition) is 0. The molecule has 0 spiro atoms. The fraction of sp³-hybridized carbons (Fsp3) is 0.263. The monoisotopic (exact) mass is 398 g/mol. The van der Waals surface area contributed by atoms with Gasteiger partial charge in [0.05, 0.1) is 23.4 Å². The lowest BCUT2D eigenvalue weighted by molar-refractivity contribution is 0.628. The molecule has 0 fully saturated rings. The molecule has 2 heterocycles. The highest BCUT2D eigenvalue weighted by Crippen LogP contribution is 2.32. The first-order chi connectivity index (χ1) is 13.0. The molecule has 0 radical (unpaired) electrons. The zero-order valence-corrected chi connectivity index (χ0v) is 16.1. The molecule has 0 aliphatic heterocycles. The summed E-state index contributed by atoms with van der Waals surface area (Å²) in [6.45, 7) is 0. The van der Waals surface area contributed by atoms with Crippen molar-refractivity contribution in [2.75, 3.05) is 5.75 Å². The van der Waals surface area contributed by atoms with Gasteiger partial charge in [-0.25, -0.2) is 9.37 Å². The summed E-state index contributed by atoms with van der Waals surface area (Å²) in [5.41, 5.74) is 1.33. The summed E-state index contributed by atoms with van der Waals surface area (Å²) >= 11 is 2.71. The van der Waals surface area contributed by atoms with Crippen LogP contribution in [0, 0.1) is 34.4 Å². The van der Waals surface area contributed by atoms with E-state index >= 15 is 0 Å². The lowest BCUT2D eigenvalue weighted by Crippen LogP contribution is -2.20. The van der Waals surface area contributed by atoms with Crippen molar-refractivity contribution < 1.29 is 4.39 Å². The smallest absolute Gasteiger partial charge is 0.263 e. The van der Waals surface area contributed by atoms with Crippen LogP contribution in [0.1, 0.15) is 12.8 Å². The number of fused-ring (bicyclic) bond motifs is 1. The average Bonchev–Trinajstić information content (AvgIpc) is 3.10. The van der Waals surface area contributed by atoms with Crippen molar-refractivity contribution in [3.63, 3.8) is 0 Å². The Morgan fingerprint density at radius 3 is 2.74 bits per heavy atom. The minimum Gasteiger partial charge on any atom is -0.290 e. The lowest BCUT2D eigenvalue weighted by atomic mass is 10.1. The number of nitrogens with zero attached hydrogens (tertiary/aromatic N) is 4. The van der Waals surface area contributed by atoms with Crippen LogP contribution in [0.25, 0.3) is 21.3 Å². The summed E-state index contributed by atoms with van der Waals surface area (Å²) in [7, 11) is 1.65. The normalized spacial score (nSPS) is 11.9. The second-order valence-electron chi connectivity index (χ2n) is 5.93. The van der Waals surface area contributed by atoms with Crippen LogP contribution in [-0.2, 0) is 7.05 Å². The number of hydrogen-bond acceptors (Lipinski definition) is 6. The Kier molecular flexibility index (Phi) is 5.90. The quantitative estimate of drug-likeness (QED) is 0.456. The van der Waals surface area contributed by atoms with Crippen LogP contribution in [0.3, 0.4) is 0 Å². The number of thioether (sulfide) groups is 1. The zero-order chi connectivity index (χ0) is 19.4. The second-order valence-corrected chi connectivity index (χ2v) is 7.77. The number of thiophene rings is 1. The summed E-state index contributed by atoms with van der Waals surface area (Å²) in [6.07, 6.45) is 0.833. The molecule has 2 aromatic heterocycles. The van der Waals surface area contributed by atoms with Crippen molar-refractivity contribution in [3.05, 3.63) is 45.8 Å². The van der Waals surface area contributed by atoms with Crippen molar-refractivity contribution in [3.8, 4) is 23.3 Å². The van der Waals surface area contributed by atoms with E-state index in [-0.39, 0.29) is 17.3 Å². The average molecular weight is 398 g/mol. The van der Waals surface area contributed by atoms with Gasteiger partial charge in [-0.3, -0.25) is 9.36 Å². The fourth-order valence-electron chi connectivity index (χ4n) is 2.62. The Hall–Kier alpha value is -2.68. The van der Waals surface area contributed by atoms with Crippen LogP contribution in [-0.4, -0.2) is 15.3 Å². The van der Waals surface area contributed by atoms with Crippen molar-refractivity contribution in [1.29, 1.82) is 10.5 Å². The first-order valence-corrected chi connectivity index (χ1v) is 10.0. The van der Waals surface area contributed by atoms with E-state index in [9.17, 15) is 14.4 Å². The van der Waals surface area contributed by atoms with E-state index in [0.29, 0.717) is 34.0 Å². The van der Waals surface area contributed by atoms with Gasteiger partial charge in [-0.1, -0.05) is 23.9 Å². The van der Waals surface area contributed by atoms with Gasteiger partial charge >= 0.3 is 0 Å². The van der Waals surface area contributed by atoms with Crippen LogP contribution in [0.4, 0.5) is 4.39 Å². The van der Waals surface area contributed by atoms with E-state index in [2.05, 4.69) is 11.1 Å². The van der Waals surface area contributed by atoms with Gasteiger partial charge in [0, 0.05) is 30.2 Å². The molecule has 0 N–H and O–H groups in total. The van der Waals surface area contributed by atoms with Gasteiger partial charge in [-0.05, 0) is 24.1 Å². The molecule has 1 atom stereocenters. The second kappa shape index (κ2) is 8.34. The summed E-state index contributed by atoms with van der Waals surface area (Å²) in [5.74, 6) is -0.119. The third-order valence-electron chi connectivity index (χ3n) is 4.13. The van der Waals surface area contributed by atoms with Gasteiger partial charge in [0.1, 0.15) is 10.6 Å². The molecule has 0 saturated heterocycles. The minimum absolute atomic E-state index is 0.173. The lowest BCUT2D eigenvalue weighted by Gasteiger charge is -2.10. The Morgan fingerprint density at radius 2 is 2.07 bits per heavy atom. The van der Waals surface area contributed by atoms with E-state index in [4.69, 9.17) is 5.26 Å². The number of rotatable bonds is 6. The molecule has 3 rings (SSSR count). The molecule has 0 bridgehead atoms. The van der Waals surface area contributed by atoms with E-state index in [1.807, 2.05) is 11.4 Å². The Bertz CT molecular complexity index is 1110. The zero-order valence-electron chi connectivity index (χ0n) is 14.5. The third-order valence-corrected chi connectivity index (χ3v) is 6.19. The van der Waals surface area contributed by atoms with Crippen LogP contribution in [0.15, 0.2) is 39.6 Å². The standard InChI is InChI=1S/C19H15FN4OS2/c1-24-18(25)16-15(13-4-6-14(20)7-5-13)11-26-17(16)23-19(24)27-10-12(9-22)3-2-8-21/h4-7,11-12H,2-3,10H2,1H3/t12-/m0/s1. The molecular formula is C19H15FN4OS2. The molecule has 27 heavy (non-hydrogen) atoms.